The van der Waals surface area contributed by atoms with E-state index in [4.69, 9.17) is 8.83 Å². The Hall–Kier alpha value is -3.53. The third-order valence-electron chi connectivity index (χ3n) is 4.35. The summed E-state index contributed by atoms with van der Waals surface area (Å²) < 4.78 is 10.7. The molecule has 2 heterocycles. The van der Waals surface area contributed by atoms with Gasteiger partial charge in [0.2, 0.25) is 0 Å². The number of carbonyl (C=O) groups excluding carboxylic acids is 1. The van der Waals surface area contributed by atoms with E-state index in [9.17, 15) is 4.79 Å². The largest absolute Gasteiger partial charge is 0.467 e. The molecule has 2 aromatic carbocycles. The number of nitrogens with zero attached hydrogens (tertiary/aromatic N) is 1. The zero-order valence-corrected chi connectivity index (χ0v) is 14.7. The average molecular weight is 357 g/mol. The third-order valence-corrected chi connectivity index (χ3v) is 4.35. The Morgan fingerprint density at radius 1 is 0.741 bits per heavy atom. The first-order valence-corrected chi connectivity index (χ1v) is 8.79. The van der Waals surface area contributed by atoms with Crippen molar-refractivity contribution < 1.29 is 13.6 Å². The Balaban J connectivity index is 1.60. The molecule has 0 N–H and O–H groups in total. The van der Waals surface area contributed by atoms with E-state index >= 15 is 0 Å². The summed E-state index contributed by atoms with van der Waals surface area (Å²) in [5.41, 5.74) is 3.31. The zero-order valence-electron chi connectivity index (χ0n) is 14.7. The van der Waals surface area contributed by atoms with Crippen LogP contribution in [-0.2, 0) is 13.1 Å². The minimum Gasteiger partial charge on any atom is -0.467 e. The molecule has 134 valence electrons. The maximum atomic E-state index is 12.9. The molecule has 0 aliphatic heterocycles. The van der Waals surface area contributed by atoms with Crippen LogP contribution in [-0.4, -0.2) is 10.8 Å². The molecule has 4 nitrogen and oxygen atoms in total. The molecule has 4 rings (SSSR count). The first-order valence-electron chi connectivity index (χ1n) is 8.79. The van der Waals surface area contributed by atoms with Gasteiger partial charge in [-0.05, 0) is 47.0 Å². The number of hydrogen-bond donors (Lipinski definition) is 0. The van der Waals surface area contributed by atoms with Gasteiger partial charge >= 0.3 is 0 Å². The molecule has 0 bridgehead atoms. The lowest BCUT2D eigenvalue weighted by atomic mass is 10.0. The first kappa shape index (κ1) is 16.9. The van der Waals surface area contributed by atoms with Crippen molar-refractivity contribution in [1.29, 1.82) is 0 Å². The summed E-state index contributed by atoms with van der Waals surface area (Å²) in [5, 5.41) is 0. The number of benzene rings is 2. The van der Waals surface area contributed by atoms with Crippen LogP contribution in [0.25, 0.3) is 11.1 Å². The Kier molecular flexibility index (Phi) is 4.88. The van der Waals surface area contributed by atoms with Crippen molar-refractivity contribution in [2.45, 2.75) is 13.1 Å². The van der Waals surface area contributed by atoms with Crippen LogP contribution in [0, 0.1) is 0 Å². The highest BCUT2D eigenvalue weighted by atomic mass is 16.3. The predicted molar refractivity (Wildman–Crippen MR) is 103 cm³/mol. The highest BCUT2D eigenvalue weighted by molar-refractivity contribution is 5.91. The first-order chi connectivity index (χ1) is 13.3. The van der Waals surface area contributed by atoms with Gasteiger partial charge in [-0.3, -0.25) is 4.79 Å². The molecule has 4 heteroatoms. The minimum absolute atomic E-state index is 0.165. The molecule has 2 aromatic heterocycles. The Labute approximate surface area is 157 Å². The standard InChI is InChI=1S/C23H19NO3/c25-23(22-12-6-14-27-22)24(17-21-11-5-13-26-21)16-18-7-4-10-20(15-18)19-8-2-1-3-9-19/h1-15H,16-17H2. The molecule has 27 heavy (non-hydrogen) atoms. The van der Waals surface area contributed by atoms with E-state index < -0.39 is 0 Å². The van der Waals surface area contributed by atoms with Crippen LogP contribution < -0.4 is 0 Å². The van der Waals surface area contributed by atoms with Gasteiger partial charge in [0.25, 0.3) is 5.91 Å². The summed E-state index contributed by atoms with van der Waals surface area (Å²) >= 11 is 0. The fourth-order valence-electron chi connectivity index (χ4n) is 3.05. The summed E-state index contributed by atoms with van der Waals surface area (Å²) in [4.78, 5) is 14.6. The van der Waals surface area contributed by atoms with Crippen LogP contribution in [0.4, 0.5) is 0 Å². The van der Waals surface area contributed by atoms with Gasteiger partial charge < -0.3 is 13.7 Å². The summed E-state index contributed by atoms with van der Waals surface area (Å²) in [5.74, 6) is 0.886. The van der Waals surface area contributed by atoms with Crippen molar-refractivity contribution >= 4 is 5.91 Å². The lowest BCUT2D eigenvalue weighted by Gasteiger charge is -2.21. The Bertz CT molecular complexity index is 989. The van der Waals surface area contributed by atoms with Crippen molar-refractivity contribution in [1.82, 2.24) is 4.90 Å². The molecule has 0 saturated heterocycles. The minimum atomic E-state index is -0.165. The molecule has 0 radical (unpaired) electrons. The van der Waals surface area contributed by atoms with Crippen LogP contribution in [0.2, 0.25) is 0 Å². The van der Waals surface area contributed by atoms with Gasteiger partial charge in [0.15, 0.2) is 5.76 Å². The fourth-order valence-corrected chi connectivity index (χ4v) is 3.05. The van der Waals surface area contributed by atoms with Crippen molar-refractivity contribution in [2.75, 3.05) is 0 Å². The van der Waals surface area contributed by atoms with Gasteiger partial charge in [0.05, 0.1) is 19.1 Å². The topological polar surface area (TPSA) is 46.6 Å². The molecule has 0 fully saturated rings. The zero-order chi connectivity index (χ0) is 18.5. The number of amides is 1. The third kappa shape index (κ3) is 4.01. The van der Waals surface area contributed by atoms with Gasteiger partial charge in [0.1, 0.15) is 5.76 Å². The highest BCUT2D eigenvalue weighted by Crippen LogP contribution is 2.22. The molecule has 0 aliphatic carbocycles. The van der Waals surface area contributed by atoms with Crippen molar-refractivity contribution in [3.63, 3.8) is 0 Å². The van der Waals surface area contributed by atoms with Crippen LogP contribution in [0.5, 0.6) is 0 Å². The second-order valence-corrected chi connectivity index (χ2v) is 6.28. The van der Waals surface area contributed by atoms with E-state index in [0.29, 0.717) is 18.8 Å². The van der Waals surface area contributed by atoms with Crippen LogP contribution >= 0.6 is 0 Å². The van der Waals surface area contributed by atoms with E-state index in [2.05, 4.69) is 24.3 Å². The van der Waals surface area contributed by atoms with Gasteiger partial charge in [-0.15, -0.1) is 0 Å². The quantitative estimate of drug-likeness (QED) is 0.465. The van der Waals surface area contributed by atoms with Gasteiger partial charge in [-0.2, -0.15) is 0 Å². The maximum Gasteiger partial charge on any atom is 0.290 e. The fraction of sp³-hybridized carbons (Fsp3) is 0.0870. The molecule has 0 unspecified atom stereocenters. The second kappa shape index (κ2) is 7.79. The Morgan fingerprint density at radius 3 is 2.26 bits per heavy atom. The predicted octanol–water partition coefficient (Wildman–Crippen LogP) is 5.38. The summed E-state index contributed by atoms with van der Waals surface area (Å²) in [6.07, 6.45) is 3.12. The molecule has 0 spiro atoms. The monoisotopic (exact) mass is 357 g/mol. The number of rotatable bonds is 6. The summed E-state index contributed by atoms with van der Waals surface area (Å²) in [6, 6.07) is 25.5. The average Bonchev–Trinajstić information content (AvgIpc) is 3.42. The lowest BCUT2D eigenvalue weighted by molar-refractivity contribution is 0.0685. The summed E-state index contributed by atoms with van der Waals surface area (Å²) in [6.45, 7) is 0.836. The number of carbonyl (C=O) groups is 1. The lowest BCUT2D eigenvalue weighted by Crippen LogP contribution is -2.29. The second-order valence-electron chi connectivity index (χ2n) is 6.28. The van der Waals surface area contributed by atoms with Crippen molar-refractivity contribution in [3.05, 3.63) is 108 Å². The van der Waals surface area contributed by atoms with E-state index in [1.54, 1.807) is 23.3 Å². The SMILES string of the molecule is O=C(c1ccco1)N(Cc1cccc(-c2ccccc2)c1)Cc1ccco1. The molecule has 4 aromatic rings. The van der Waals surface area contributed by atoms with Crippen LogP contribution in [0.3, 0.4) is 0 Å². The van der Waals surface area contributed by atoms with E-state index in [-0.39, 0.29) is 5.91 Å². The van der Waals surface area contributed by atoms with Crippen LogP contribution in [0.1, 0.15) is 21.9 Å². The summed E-state index contributed by atoms with van der Waals surface area (Å²) in [7, 11) is 0. The van der Waals surface area contributed by atoms with Gasteiger partial charge in [-0.1, -0.05) is 48.5 Å². The highest BCUT2D eigenvalue weighted by Gasteiger charge is 2.20. The molecular weight excluding hydrogens is 338 g/mol. The van der Waals surface area contributed by atoms with Gasteiger partial charge in [-0.25, -0.2) is 0 Å². The van der Waals surface area contributed by atoms with E-state index in [1.807, 2.05) is 42.5 Å². The molecule has 0 aliphatic rings. The van der Waals surface area contributed by atoms with E-state index in [1.165, 1.54) is 6.26 Å². The molecule has 0 atom stereocenters. The normalized spacial score (nSPS) is 10.7. The van der Waals surface area contributed by atoms with Crippen LogP contribution in [0.15, 0.2) is 100 Å². The molecular formula is C23H19NO3. The molecule has 0 saturated carbocycles. The van der Waals surface area contributed by atoms with Gasteiger partial charge in [0, 0.05) is 6.54 Å². The van der Waals surface area contributed by atoms with Crippen molar-refractivity contribution in [2.24, 2.45) is 0 Å². The number of hydrogen-bond acceptors (Lipinski definition) is 3. The van der Waals surface area contributed by atoms with Crippen molar-refractivity contribution in [3.8, 4) is 11.1 Å². The number of furan rings is 2. The molecule has 1 amide bonds. The maximum absolute atomic E-state index is 12.9. The smallest absolute Gasteiger partial charge is 0.290 e. The Morgan fingerprint density at radius 2 is 1.52 bits per heavy atom. The van der Waals surface area contributed by atoms with E-state index in [0.717, 1.165) is 22.5 Å².